The largest absolute Gasteiger partial charge is 0.454 e. The lowest BCUT2D eigenvalue weighted by atomic mass is 10.1. The lowest BCUT2D eigenvalue weighted by Crippen LogP contribution is -2.41. The molecular formula is C20H26FIN4O2. The van der Waals surface area contributed by atoms with Crippen LogP contribution in [0.3, 0.4) is 0 Å². The molecule has 1 heterocycles. The molecule has 0 amide bonds. The van der Waals surface area contributed by atoms with Crippen molar-refractivity contribution < 1.29 is 13.9 Å². The summed E-state index contributed by atoms with van der Waals surface area (Å²) in [5.74, 6) is 1.97. The number of nitrogens with one attached hydrogen (secondary N) is 2. The number of halogens is 2. The molecule has 152 valence electrons. The smallest absolute Gasteiger partial charge is 0.231 e. The first-order valence-corrected chi connectivity index (χ1v) is 8.82. The second-order valence-corrected chi connectivity index (χ2v) is 6.53. The lowest BCUT2D eigenvalue weighted by molar-refractivity contribution is 0.174. The third-order valence-corrected chi connectivity index (χ3v) is 4.44. The summed E-state index contributed by atoms with van der Waals surface area (Å²) in [6, 6.07) is 12.5. The highest BCUT2D eigenvalue weighted by Crippen LogP contribution is 2.32. The molecule has 0 bridgehead atoms. The van der Waals surface area contributed by atoms with E-state index in [4.69, 9.17) is 9.47 Å². The maximum Gasteiger partial charge on any atom is 0.231 e. The minimum atomic E-state index is -0.232. The van der Waals surface area contributed by atoms with E-state index in [9.17, 15) is 4.39 Å². The van der Waals surface area contributed by atoms with E-state index in [0.717, 1.165) is 22.6 Å². The van der Waals surface area contributed by atoms with Gasteiger partial charge in [0, 0.05) is 20.1 Å². The van der Waals surface area contributed by atoms with E-state index in [1.165, 1.54) is 6.07 Å². The number of guanidine groups is 1. The quantitative estimate of drug-likeness (QED) is 0.363. The Balaban J connectivity index is 0.00000280. The van der Waals surface area contributed by atoms with Gasteiger partial charge in [0.25, 0.3) is 0 Å². The van der Waals surface area contributed by atoms with Crippen molar-refractivity contribution in [3.8, 4) is 11.5 Å². The minimum Gasteiger partial charge on any atom is -0.454 e. The van der Waals surface area contributed by atoms with Gasteiger partial charge >= 0.3 is 0 Å². The molecule has 0 aliphatic carbocycles. The molecule has 2 aromatic carbocycles. The van der Waals surface area contributed by atoms with Crippen molar-refractivity contribution >= 4 is 29.9 Å². The number of ether oxygens (including phenoxy) is 2. The van der Waals surface area contributed by atoms with Crippen LogP contribution in [0.25, 0.3) is 0 Å². The Morgan fingerprint density at radius 2 is 1.93 bits per heavy atom. The average Bonchev–Trinajstić information content (AvgIpc) is 3.12. The Morgan fingerprint density at radius 1 is 1.14 bits per heavy atom. The number of hydrogen-bond donors (Lipinski definition) is 2. The third-order valence-electron chi connectivity index (χ3n) is 4.44. The number of aliphatic imine (C=N–C) groups is 1. The first-order valence-electron chi connectivity index (χ1n) is 8.82. The third kappa shape index (κ3) is 5.71. The first kappa shape index (κ1) is 22.2. The number of hydrogen-bond acceptors (Lipinski definition) is 4. The Morgan fingerprint density at radius 3 is 2.64 bits per heavy atom. The summed E-state index contributed by atoms with van der Waals surface area (Å²) in [5.41, 5.74) is 1.98. The van der Waals surface area contributed by atoms with Crippen LogP contribution < -0.4 is 20.1 Å². The van der Waals surface area contributed by atoms with Gasteiger partial charge in [0.1, 0.15) is 5.82 Å². The van der Waals surface area contributed by atoms with E-state index in [0.29, 0.717) is 19.0 Å². The van der Waals surface area contributed by atoms with Crippen LogP contribution in [0.2, 0.25) is 0 Å². The van der Waals surface area contributed by atoms with Crippen molar-refractivity contribution in [2.24, 2.45) is 4.99 Å². The summed E-state index contributed by atoms with van der Waals surface area (Å²) in [7, 11) is 5.67. The Hall–Kier alpha value is -2.07. The van der Waals surface area contributed by atoms with E-state index in [2.05, 4.69) is 15.6 Å². The maximum atomic E-state index is 13.6. The van der Waals surface area contributed by atoms with Gasteiger partial charge in [0.15, 0.2) is 17.5 Å². The minimum absolute atomic E-state index is 0. The summed E-state index contributed by atoms with van der Waals surface area (Å²) >= 11 is 0. The van der Waals surface area contributed by atoms with Crippen molar-refractivity contribution in [1.82, 2.24) is 15.5 Å². The van der Waals surface area contributed by atoms with Crippen molar-refractivity contribution in [2.75, 3.05) is 34.5 Å². The van der Waals surface area contributed by atoms with Crippen LogP contribution in [0.1, 0.15) is 17.2 Å². The monoisotopic (exact) mass is 500 g/mol. The molecule has 2 N–H and O–H groups in total. The van der Waals surface area contributed by atoms with E-state index >= 15 is 0 Å². The zero-order valence-electron chi connectivity index (χ0n) is 16.2. The van der Waals surface area contributed by atoms with Crippen LogP contribution in [-0.2, 0) is 6.54 Å². The van der Waals surface area contributed by atoms with Gasteiger partial charge in [-0.25, -0.2) is 4.39 Å². The van der Waals surface area contributed by atoms with Gasteiger partial charge in [-0.05, 0) is 49.5 Å². The highest BCUT2D eigenvalue weighted by molar-refractivity contribution is 14.0. The molecule has 2 aromatic rings. The van der Waals surface area contributed by atoms with Gasteiger partial charge < -0.3 is 25.0 Å². The van der Waals surface area contributed by atoms with Gasteiger partial charge in [-0.3, -0.25) is 4.99 Å². The van der Waals surface area contributed by atoms with Gasteiger partial charge in [0.2, 0.25) is 6.79 Å². The topological polar surface area (TPSA) is 58.1 Å². The molecule has 1 aliphatic rings. The number of likely N-dealkylation sites (N-methyl/N-ethyl adjacent to an activating group) is 1. The molecular weight excluding hydrogens is 474 g/mol. The molecule has 1 atom stereocenters. The summed E-state index contributed by atoms with van der Waals surface area (Å²) in [5, 5.41) is 6.59. The number of nitrogens with zero attached hydrogens (tertiary/aromatic N) is 2. The molecule has 0 radical (unpaired) electrons. The standard InChI is InChI=1S/C20H25FN4O2.HI/c1-22-20(23-11-14-7-8-18-19(9-14)27-13-26-18)24-12-17(25(2)3)15-5-4-6-16(21)10-15;/h4-10,17H,11-13H2,1-3H3,(H2,22,23,24);1H. The van der Waals surface area contributed by atoms with Gasteiger partial charge in [0.05, 0.1) is 6.04 Å². The molecule has 3 rings (SSSR count). The number of fused-ring (bicyclic) bond motifs is 1. The summed E-state index contributed by atoms with van der Waals surface area (Å²) < 4.78 is 24.3. The maximum absolute atomic E-state index is 13.6. The highest BCUT2D eigenvalue weighted by atomic mass is 127. The van der Waals surface area contributed by atoms with Crippen molar-refractivity contribution in [3.05, 3.63) is 59.4 Å². The number of rotatable bonds is 6. The molecule has 0 spiro atoms. The summed E-state index contributed by atoms with van der Waals surface area (Å²) in [6.45, 7) is 1.46. The first-order chi connectivity index (χ1) is 13.1. The zero-order valence-corrected chi connectivity index (χ0v) is 18.6. The van der Waals surface area contributed by atoms with E-state index < -0.39 is 0 Å². The fourth-order valence-corrected chi connectivity index (χ4v) is 2.96. The fourth-order valence-electron chi connectivity index (χ4n) is 2.96. The normalized spacial score (nSPS) is 13.8. The predicted molar refractivity (Wildman–Crippen MR) is 119 cm³/mol. The van der Waals surface area contributed by atoms with Crippen LogP contribution in [-0.4, -0.2) is 45.3 Å². The van der Waals surface area contributed by atoms with Crippen molar-refractivity contribution in [1.29, 1.82) is 0 Å². The Bertz CT molecular complexity index is 817. The average molecular weight is 500 g/mol. The van der Waals surface area contributed by atoms with E-state index in [-0.39, 0.29) is 42.6 Å². The predicted octanol–water partition coefficient (Wildman–Crippen LogP) is 3.14. The second-order valence-electron chi connectivity index (χ2n) is 6.53. The van der Waals surface area contributed by atoms with Crippen LogP contribution in [0.5, 0.6) is 11.5 Å². The molecule has 1 unspecified atom stereocenters. The molecule has 0 fully saturated rings. The van der Waals surface area contributed by atoms with Crippen LogP contribution in [0.15, 0.2) is 47.5 Å². The molecule has 0 aromatic heterocycles. The van der Waals surface area contributed by atoms with E-state index in [1.54, 1.807) is 19.2 Å². The van der Waals surface area contributed by atoms with Crippen LogP contribution >= 0.6 is 24.0 Å². The molecule has 6 nitrogen and oxygen atoms in total. The molecule has 0 saturated heterocycles. The van der Waals surface area contributed by atoms with E-state index in [1.807, 2.05) is 43.3 Å². The second kappa shape index (κ2) is 10.5. The molecule has 8 heteroatoms. The lowest BCUT2D eigenvalue weighted by Gasteiger charge is -2.26. The van der Waals surface area contributed by atoms with Gasteiger partial charge in [-0.2, -0.15) is 0 Å². The SMILES string of the molecule is CN=C(NCc1ccc2c(c1)OCO2)NCC(c1cccc(F)c1)N(C)C.I. The molecule has 0 saturated carbocycles. The van der Waals surface area contributed by atoms with Crippen LogP contribution in [0, 0.1) is 5.82 Å². The Kier molecular flexibility index (Phi) is 8.31. The molecule has 28 heavy (non-hydrogen) atoms. The van der Waals surface area contributed by atoms with Crippen LogP contribution in [0.4, 0.5) is 4.39 Å². The zero-order chi connectivity index (χ0) is 19.2. The summed E-state index contributed by atoms with van der Waals surface area (Å²) in [4.78, 5) is 6.31. The van der Waals surface area contributed by atoms with Crippen molar-refractivity contribution in [3.63, 3.8) is 0 Å². The van der Waals surface area contributed by atoms with Gasteiger partial charge in [-0.1, -0.05) is 18.2 Å². The van der Waals surface area contributed by atoms with Crippen molar-refractivity contribution in [2.45, 2.75) is 12.6 Å². The Labute approximate surface area is 182 Å². The van der Waals surface area contributed by atoms with Gasteiger partial charge in [-0.15, -0.1) is 24.0 Å². The molecule has 1 aliphatic heterocycles. The fraction of sp³-hybridized carbons (Fsp3) is 0.350. The highest BCUT2D eigenvalue weighted by Gasteiger charge is 2.16. The number of benzene rings is 2. The summed E-state index contributed by atoms with van der Waals surface area (Å²) in [6.07, 6.45) is 0.